The molecule has 4 aliphatic rings. The van der Waals surface area contributed by atoms with Crippen LogP contribution in [0, 0.1) is 0 Å². The van der Waals surface area contributed by atoms with Crippen molar-refractivity contribution in [1.29, 1.82) is 0 Å². The molecule has 40 heavy (non-hydrogen) atoms. The van der Waals surface area contributed by atoms with E-state index in [2.05, 4.69) is 5.32 Å². The van der Waals surface area contributed by atoms with Gasteiger partial charge in [-0.15, -0.1) is 0 Å². The molecule has 0 bridgehead atoms. The number of nitrogens with zero attached hydrogens (tertiary/aromatic N) is 3. The second-order valence-corrected chi connectivity index (χ2v) is 12.4. The van der Waals surface area contributed by atoms with Crippen LogP contribution in [0.2, 0.25) is 0 Å². The molecule has 2 aromatic carbocycles. The van der Waals surface area contributed by atoms with E-state index in [1.807, 2.05) is 0 Å². The van der Waals surface area contributed by atoms with Gasteiger partial charge in [-0.05, 0) is 56.5 Å². The van der Waals surface area contributed by atoms with Crippen LogP contribution >= 0.6 is 0 Å². The van der Waals surface area contributed by atoms with Gasteiger partial charge in [-0.25, -0.2) is 12.7 Å². The van der Waals surface area contributed by atoms with E-state index < -0.39 is 27.9 Å². The lowest BCUT2D eigenvalue weighted by Gasteiger charge is -2.35. The zero-order valence-corrected chi connectivity index (χ0v) is 22.9. The largest absolute Gasteiger partial charge is 0.398 e. The molecule has 13 heteroatoms. The summed E-state index contributed by atoms with van der Waals surface area (Å²) in [4.78, 5) is 52.2. The van der Waals surface area contributed by atoms with Crippen LogP contribution in [-0.2, 0) is 10.0 Å². The molecule has 2 saturated heterocycles. The van der Waals surface area contributed by atoms with Crippen molar-refractivity contribution in [3.05, 3.63) is 58.7 Å². The standard InChI is InChI=1S/C14H17N3O4S.C13H15N3O2/c1-22(20,21)16-7-3-4-9(8-16)17-13(18)10-5-2-6-11(15)12(10)14(17)19;14-10-5-1-4-9-11(10)13(18)16(12(9)17)8-3-2-6-15-7-8/h2,5-6,9H,3-4,7-8,15H2,1H3;1,4-5,8,15H,2-3,6-7,14H2. The summed E-state index contributed by atoms with van der Waals surface area (Å²) in [6.45, 7) is 2.18. The highest BCUT2D eigenvalue weighted by atomic mass is 32.2. The number of hydrogen-bond donors (Lipinski definition) is 3. The van der Waals surface area contributed by atoms with E-state index in [1.54, 1.807) is 36.4 Å². The van der Waals surface area contributed by atoms with Crippen LogP contribution in [0.15, 0.2) is 36.4 Å². The Bertz CT molecular complexity index is 1500. The van der Waals surface area contributed by atoms with Gasteiger partial charge in [-0.3, -0.25) is 29.0 Å². The predicted molar refractivity (Wildman–Crippen MR) is 148 cm³/mol. The second kappa shape index (κ2) is 10.6. The van der Waals surface area contributed by atoms with Crippen LogP contribution in [0.3, 0.4) is 0 Å². The van der Waals surface area contributed by atoms with Crippen LogP contribution in [-0.4, -0.2) is 90.7 Å². The van der Waals surface area contributed by atoms with Gasteiger partial charge in [0.15, 0.2) is 0 Å². The van der Waals surface area contributed by atoms with Gasteiger partial charge in [0.25, 0.3) is 23.6 Å². The van der Waals surface area contributed by atoms with E-state index >= 15 is 0 Å². The number of amides is 4. The number of nitrogens with two attached hydrogens (primary N) is 2. The van der Waals surface area contributed by atoms with Crippen LogP contribution in [0.5, 0.6) is 0 Å². The van der Waals surface area contributed by atoms with Crippen molar-refractivity contribution in [3.8, 4) is 0 Å². The molecule has 12 nitrogen and oxygen atoms in total. The smallest absolute Gasteiger partial charge is 0.263 e. The number of anilines is 2. The minimum Gasteiger partial charge on any atom is -0.398 e. The molecule has 2 unspecified atom stereocenters. The maximum absolute atomic E-state index is 12.5. The number of rotatable bonds is 3. The van der Waals surface area contributed by atoms with Crippen LogP contribution in [0.1, 0.15) is 67.1 Å². The molecule has 0 saturated carbocycles. The summed E-state index contributed by atoms with van der Waals surface area (Å²) in [6.07, 6.45) is 4.18. The Kier molecular flexibility index (Phi) is 7.38. The monoisotopic (exact) mass is 568 g/mol. The Hall–Kier alpha value is -3.81. The van der Waals surface area contributed by atoms with Gasteiger partial charge >= 0.3 is 0 Å². The summed E-state index contributed by atoms with van der Waals surface area (Å²) in [5.41, 5.74) is 13.6. The molecule has 0 aliphatic carbocycles. The Morgan fingerprint density at radius 2 is 1.30 bits per heavy atom. The molecule has 2 fully saturated rings. The number of piperidine rings is 2. The minimum absolute atomic E-state index is 0.0504. The average molecular weight is 569 g/mol. The van der Waals surface area contributed by atoms with Crippen molar-refractivity contribution in [2.45, 2.75) is 37.8 Å². The normalized spacial score (nSPS) is 23.1. The fraction of sp³-hybridized carbons (Fsp3) is 0.407. The van der Waals surface area contributed by atoms with Crippen molar-refractivity contribution < 1.29 is 27.6 Å². The maximum atomic E-state index is 12.5. The molecule has 4 amide bonds. The fourth-order valence-corrected chi connectivity index (χ4v) is 6.71. The second-order valence-electron chi connectivity index (χ2n) is 10.4. The molecule has 2 aromatic rings. The molecule has 6 rings (SSSR count). The van der Waals surface area contributed by atoms with Crippen molar-refractivity contribution in [2.24, 2.45) is 0 Å². The number of nitrogens with one attached hydrogen (secondary N) is 1. The Balaban J connectivity index is 0.000000164. The first-order valence-electron chi connectivity index (χ1n) is 13.2. The fourth-order valence-electron chi connectivity index (χ4n) is 5.81. The SMILES string of the molecule is CS(=O)(=O)N1CCCC(N2C(=O)c3cccc(N)c3C2=O)C1.Nc1cccc2c1C(=O)N(C1CCCNC1)C2=O. The summed E-state index contributed by atoms with van der Waals surface area (Å²) in [5.74, 6) is -1.29. The first-order valence-corrected chi connectivity index (χ1v) is 15.0. The zero-order chi connectivity index (χ0) is 28.8. The first kappa shape index (κ1) is 27.7. The molecular formula is C27H32N6O6S. The van der Waals surface area contributed by atoms with Crippen LogP contribution in [0.4, 0.5) is 11.4 Å². The first-order chi connectivity index (χ1) is 19.0. The maximum Gasteiger partial charge on any atom is 0.263 e. The van der Waals surface area contributed by atoms with Crippen molar-refractivity contribution >= 4 is 45.0 Å². The highest BCUT2D eigenvalue weighted by molar-refractivity contribution is 7.88. The van der Waals surface area contributed by atoms with Gasteiger partial charge in [-0.1, -0.05) is 12.1 Å². The van der Waals surface area contributed by atoms with Crippen molar-refractivity contribution in [3.63, 3.8) is 0 Å². The lowest BCUT2D eigenvalue weighted by Crippen LogP contribution is -2.51. The van der Waals surface area contributed by atoms with E-state index in [0.29, 0.717) is 48.3 Å². The summed E-state index contributed by atoms with van der Waals surface area (Å²) < 4.78 is 24.7. The average Bonchev–Trinajstić information content (AvgIpc) is 3.34. The zero-order valence-electron chi connectivity index (χ0n) is 22.1. The highest BCUT2D eigenvalue weighted by Gasteiger charge is 2.43. The number of fused-ring (bicyclic) bond motifs is 2. The number of hydrogen-bond acceptors (Lipinski definition) is 9. The summed E-state index contributed by atoms with van der Waals surface area (Å²) >= 11 is 0. The third-order valence-corrected chi connectivity index (χ3v) is 9.06. The summed E-state index contributed by atoms with van der Waals surface area (Å²) in [7, 11) is -3.34. The third kappa shape index (κ3) is 4.84. The molecule has 2 atom stereocenters. The molecule has 5 N–H and O–H groups in total. The van der Waals surface area contributed by atoms with Gasteiger partial charge in [0.2, 0.25) is 10.0 Å². The van der Waals surface area contributed by atoms with E-state index in [1.165, 1.54) is 14.1 Å². The topological polar surface area (TPSA) is 176 Å². The molecule has 0 radical (unpaired) electrons. The lowest BCUT2D eigenvalue weighted by atomic mass is 10.1. The number of sulfonamides is 1. The number of carbonyl (C=O) groups excluding carboxylic acids is 4. The molecule has 4 aliphatic heterocycles. The van der Waals surface area contributed by atoms with Gasteiger partial charge in [0.1, 0.15) is 0 Å². The Morgan fingerprint density at radius 3 is 1.77 bits per heavy atom. The third-order valence-electron chi connectivity index (χ3n) is 7.79. The molecule has 4 heterocycles. The number of nitrogen functional groups attached to an aromatic ring is 2. The summed E-state index contributed by atoms with van der Waals surface area (Å²) in [5, 5.41) is 3.22. The minimum atomic E-state index is -3.34. The van der Waals surface area contributed by atoms with Gasteiger partial charge in [0, 0.05) is 31.0 Å². The van der Waals surface area contributed by atoms with Gasteiger partial charge in [-0.2, -0.15) is 0 Å². The van der Waals surface area contributed by atoms with Gasteiger partial charge < -0.3 is 16.8 Å². The number of imide groups is 2. The lowest BCUT2D eigenvalue weighted by molar-refractivity contribution is 0.0524. The van der Waals surface area contributed by atoms with E-state index in [-0.39, 0.29) is 35.7 Å². The van der Waals surface area contributed by atoms with Crippen molar-refractivity contribution in [2.75, 3.05) is 43.9 Å². The quantitative estimate of drug-likeness (QED) is 0.359. The Morgan fingerprint density at radius 1 is 0.775 bits per heavy atom. The molecule has 0 aromatic heterocycles. The Labute approximate surface area is 232 Å². The summed E-state index contributed by atoms with van der Waals surface area (Å²) in [6, 6.07) is 9.32. The van der Waals surface area contributed by atoms with Crippen LogP contribution in [0.25, 0.3) is 0 Å². The van der Waals surface area contributed by atoms with Gasteiger partial charge in [0.05, 0.1) is 40.6 Å². The molecule has 212 valence electrons. The highest BCUT2D eigenvalue weighted by Crippen LogP contribution is 2.32. The van der Waals surface area contributed by atoms with E-state index in [4.69, 9.17) is 11.5 Å². The molecular weight excluding hydrogens is 536 g/mol. The van der Waals surface area contributed by atoms with E-state index in [0.717, 1.165) is 25.6 Å². The number of benzene rings is 2. The van der Waals surface area contributed by atoms with Crippen molar-refractivity contribution in [1.82, 2.24) is 19.4 Å². The van der Waals surface area contributed by atoms with E-state index in [9.17, 15) is 27.6 Å². The van der Waals surface area contributed by atoms with Crippen LogP contribution < -0.4 is 16.8 Å². The molecule has 0 spiro atoms. The number of carbonyl (C=O) groups is 4. The predicted octanol–water partition coefficient (Wildman–Crippen LogP) is 0.906.